The Kier molecular flexibility index (Phi) is 13.0. The molecule has 2 aromatic rings. The third kappa shape index (κ3) is 9.23. The highest BCUT2D eigenvalue weighted by molar-refractivity contribution is 6.68. The predicted octanol–water partition coefficient (Wildman–Crippen LogP) is 1.59. The van der Waals surface area contributed by atoms with Crippen LogP contribution >= 0.6 is 0 Å². The molecule has 318 valence electrons. The summed E-state index contributed by atoms with van der Waals surface area (Å²) >= 11 is 0. The summed E-state index contributed by atoms with van der Waals surface area (Å²) in [6.07, 6.45) is 4.94. The van der Waals surface area contributed by atoms with Crippen molar-refractivity contribution < 1.29 is 28.8 Å². The fourth-order valence-electron chi connectivity index (χ4n) is 8.94. The number of amides is 6. The molecule has 2 aromatic carbocycles. The number of benzene rings is 2. The van der Waals surface area contributed by atoms with Crippen LogP contribution in [0.5, 0.6) is 0 Å². The SMILES string of the molecule is C=N/N=C(C(N)=O)\C(=N/CN1CCCC(N2CCN(C)C2=O)C1)Nc1ccc(C2CCN(C3CN(c4ccc(C(=O)N(C)C5CCC(=O)NC5=O)c(C=O)c4)C3)CC2)cc1. The van der Waals surface area contributed by atoms with Crippen LogP contribution in [0.25, 0.3) is 0 Å². The van der Waals surface area contributed by atoms with Crippen molar-refractivity contribution >= 4 is 65.6 Å². The Morgan fingerprint density at radius 3 is 2.37 bits per heavy atom. The standard InChI is InChI=1S/C42H54N12O6/c1-44-48-37(38(43)57)39(45-26-51-16-4-5-32(22-51)54-20-19-49(2)42(54)60)46-30-8-6-27(7-9-30)28-14-17-52(18-15-28)33-23-53(24-33)31-10-11-34(29(21-31)25-55)41(59)50(3)35-12-13-36(56)47-40(35)58/h6-11,21,25,28,32-33,35H,1,4-5,12-20,22-24,26H2,2-3H3,(H2,43,57)(H,45,46)(H,47,56,58)/b48-37-. The lowest BCUT2D eigenvalue weighted by atomic mass is 9.88. The number of carbonyl (C=O) groups is 6. The molecule has 2 unspecified atom stereocenters. The van der Waals surface area contributed by atoms with Crippen LogP contribution in [0.2, 0.25) is 0 Å². The first-order chi connectivity index (χ1) is 28.9. The zero-order chi connectivity index (χ0) is 42.5. The number of aldehydes is 1. The fraction of sp³-hybridized carbons (Fsp3) is 0.500. The second kappa shape index (κ2) is 18.5. The van der Waals surface area contributed by atoms with Gasteiger partial charge in [-0.2, -0.15) is 5.10 Å². The van der Waals surface area contributed by atoms with Crippen LogP contribution in [0.4, 0.5) is 16.2 Å². The number of nitrogens with two attached hydrogens (primary N) is 1. The van der Waals surface area contributed by atoms with Crippen LogP contribution in [0.15, 0.2) is 57.7 Å². The zero-order valence-electron chi connectivity index (χ0n) is 34.3. The van der Waals surface area contributed by atoms with Gasteiger partial charge in [0.15, 0.2) is 17.8 Å². The number of hydrogen-bond donors (Lipinski definition) is 3. The van der Waals surface area contributed by atoms with Gasteiger partial charge in [0, 0.05) is 95.5 Å². The molecule has 5 aliphatic rings. The number of hydrogen-bond acceptors (Lipinski definition) is 12. The minimum Gasteiger partial charge on any atom is -0.368 e. The van der Waals surface area contributed by atoms with E-state index in [1.165, 1.54) is 17.5 Å². The molecule has 5 aliphatic heterocycles. The van der Waals surface area contributed by atoms with Crippen LogP contribution in [-0.2, 0) is 14.4 Å². The minimum atomic E-state index is -0.777. The number of likely N-dealkylation sites (tertiary alicyclic amines) is 2. The number of amidine groups is 1. The number of nitrogens with zero attached hydrogens (tertiary/aromatic N) is 9. The lowest BCUT2D eigenvalue weighted by Crippen LogP contribution is -2.60. The molecule has 0 saturated carbocycles. The highest BCUT2D eigenvalue weighted by Crippen LogP contribution is 2.33. The third-order valence-corrected chi connectivity index (χ3v) is 12.5. The summed E-state index contributed by atoms with van der Waals surface area (Å²) in [5.74, 6) is -1.49. The number of rotatable bonds is 13. The van der Waals surface area contributed by atoms with Crippen molar-refractivity contribution in [2.24, 2.45) is 20.9 Å². The number of piperidine rings is 3. The molecule has 18 heteroatoms. The van der Waals surface area contributed by atoms with Crippen molar-refractivity contribution in [1.29, 1.82) is 0 Å². The number of nitrogens with one attached hydrogen (secondary N) is 2. The summed E-state index contributed by atoms with van der Waals surface area (Å²) in [4.78, 5) is 91.0. The first kappa shape index (κ1) is 42.1. The molecule has 0 radical (unpaired) electrons. The monoisotopic (exact) mass is 822 g/mol. The maximum Gasteiger partial charge on any atom is 0.320 e. The molecule has 5 heterocycles. The van der Waals surface area contributed by atoms with Gasteiger partial charge in [0.25, 0.3) is 11.8 Å². The average Bonchev–Trinajstić information content (AvgIpc) is 3.57. The van der Waals surface area contributed by atoms with Crippen LogP contribution < -0.4 is 21.3 Å². The molecule has 6 amide bonds. The van der Waals surface area contributed by atoms with Crippen molar-refractivity contribution in [2.45, 2.75) is 62.6 Å². The number of likely N-dealkylation sites (N-methyl/N-ethyl adjacent to an activating group) is 2. The highest BCUT2D eigenvalue weighted by atomic mass is 16.2. The topological polar surface area (TPSA) is 209 Å². The van der Waals surface area contributed by atoms with E-state index in [0.717, 1.165) is 76.3 Å². The number of primary amides is 1. The largest absolute Gasteiger partial charge is 0.368 e. The maximum absolute atomic E-state index is 13.3. The van der Waals surface area contributed by atoms with E-state index in [4.69, 9.17) is 10.7 Å². The maximum atomic E-state index is 13.3. The Morgan fingerprint density at radius 1 is 0.967 bits per heavy atom. The van der Waals surface area contributed by atoms with Gasteiger partial charge in [-0.05, 0) is 87.0 Å². The van der Waals surface area contributed by atoms with Gasteiger partial charge in [0.1, 0.15) is 6.04 Å². The van der Waals surface area contributed by atoms with E-state index in [-0.39, 0.29) is 60.2 Å². The number of imide groups is 1. The van der Waals surface area contributed by atoms with Gasteiger partial charge in [0.2, 0.25) is 11.8 Å². The number of urea groups is 1. The quantitative estimate of drug-likeness (QED) is 0.0874. The van der Waals surface area contributed by atoms with E-state index < -0.39 is 23.8 Å². The second-order valence-corrected chi connectivity index (χ2v) is 16.3. The molecule has 4 N–H and O–H groups in total. The van der Waals surface area contributed by atoms with Gasteiger partial charge < -0.3 is 30.7 Å². The van der Waals surface area contributed by atoms with Crippen LogP contribution in [0.1, 0.15) is 70.7 Å². The summed E-state index contributed by atoms with van der Waals surface area (Å²) in [5.41, 5.74) is 8.88. The number of aliphatic imine (C=N–C) groups is 1. The van der Waals surface area contributed by atoms with Gasteiger partial charge in [-0.3, -0.25) is 44.1 Å². The van der Waals surface area contributed by atoms with Crippen LogP contribution in [0.3, 0.4) is 0 Å². The Labute approximate surface area is 349 Å². The average molecular weight is 823 g/mol. The van der Waals surface area contributed by atoms with E-state index in [1.54, 1.807) is 17.0 Å². The molecule has 2 atom stereocenters. The molecule has 0 aromatic heterocycles. The number of anilines is 2. The van der Waals surface area contributed by atoms with E-state index in [0.29, 0.717) is 31.3 Å². The van der Waals surface area contributed by atoms with Crippen molar-refractivity contribution in [1.82, 2.24) is 29.8 Å². The Bertz CT molecular complexity index is 2060. The van der Waals surface area contributed by atoms with E-state index in [9.17, 15) is 28.8 Å². The van der Waals surface area contributed by atoms with E-state index in [2.05, 4.69) is 54.4 Å². The Morgan fingerprint density at radius 2 is 1.72 bits per heavy atom. The first-order valence-corrected chi connectivity index (χ1v) is 20.6. The molecule has 7 rings (SSSR count). The second-order valence-electron chi connectivity index (χ2n) is 16.3. The van der Waals surface area contributed by atoms with E-state index in [1.807, 2.05) is 30.1 Å². The molecule has 0 aliphatic carbocycles. The molecule has 60 heavy (non-hydrogen) atoms. The molecule has 0 bridgehead atoms. The molecular weight excluding hydrogens is 769 g/mol. The summed E-state index contributed by atoms with van der Waals surface area (Å²) in [6.45, 7) is 10.1. The van der Waals surface area contributed by atoms with E-state index >= 15 is 0 Å². The van der Waals surface area contributed by atoms with Gasteiger partial charge in [-0.15, -0.1) is 5.10 Å². The smallest absolute Gasteiger partial charge is 0.320 e. The Balaban J connectivity index is 0.910. The normalized spacial score (nSPS) is 22.7. The highest BCUT2D eigenvalue weighted by Gasteiger charge is 2.37. The summed E-state index contributed by atoms with van der Waals surface area (Å²) in [6, 6.07) is 13.1. The molecule has 18 nitrogen and oxygen atoms in total. The molecule has 5 saturated heterocycles. The van der Waals surface area contributed by atoms with Gasteiger partial charge >= 0.3 is 6.03 Å². The molecular formula is C42H54N12O6. The summed E-state index contributed by atoms with van der Waals surface area (Å²) in [5, 5.41) is 13.0. The van der Waals surface area contributed by atoms with Crippen molar-refractivity contribution in [2.75, 3.05) is 83.3 Å². The van der Waals surface area contributed by atoms with Crippen LogP contribution in [-0.4, -0.2) is 170 Å². The molecule has 5 fully saturated rings. The lowest BCUT2D eigenvalue weighted by Gasteiger charge is -2.49. The van der Waals surface area contributed by atoms with Gasteiger partial charge in [0.05, 0.1) is 12.2 Å². The predicted molar refractivity (Wildman–Crippen MR) is 228 cm³/mol. The van der Waals surface area contributed by atoms with Gasteiger partial charge in [-0.1, -0.05) is 12.1 Å². The van der Waals surface area contributed by atoms with Crippen molar-refractivity contribution in [3.05, 3.63) is 59.2 Å². The van der Waals surface area contributed by atoms with Crippen LogP contribution in [0, 0.1) is 0 Å². The first-order valence-electron chi connectivity index (χ1n) is 20.6. The zero-order valence-corrected chi connectivity index (χ0v) is 34.3. The van der Waals surface area contributed by atoms with Crippen molar-refractivity contribution in [3.63, 3.8) is 0 Å². The minimum absolute atomic E-state index is 0.0550. The summed E-state index contributed by atoms with van der Waals surface area (Å²) < 4.78 is 0. The third-order valence-electron chi connectivity index (χ3n) is 12.5. The van der Waals surface area contributed by atoms with Crippen molar-refractivity contribution in [3.8, 4) is 0 Å². The Hall–Kier alpha value is -6.01. The molecule has 0 spiro atoms. The number of carbonyl (C=O) groups excluding carboxylic acids is 6. The lowest BCUT2D eigenvalue weighted by molar-refractivity contribution is -0.136. The van der Waals surface area contributed by atoms with Gasteiger partial charge in [-0.25, -0.2) is 4.79 Å². The fourth-order valence-corrected chi connectivity index (χ4v) is 8.94. The summed E-state index contributed by atoms with van der Waals surface area (Å²) in [7, 11) is 3.34.